The number of nitrogens with one attached hydrogen (secondary N) is 1. The molecule has 1 heterocycles. The third kappa shape index (κ3) is 2.99. The highest BCUT2D eigenvalue weighted by molar-refractivity contribution is 6.35. The Morgan fingerprint density at radius 2 is 2.08 bits per heavy atom. The van der Waals surface area contributed by atoms with Crippen LogP contribution in [0.3, 0.4) is 0 Å². The van der Waals surface area contributed by atoms with Crippen molar-refractivity contribution in [3.63, 3.8) is 0 Å². The zero-order valence-corrected chi connectivity index (χ0v) is 14.4. The van der Waals surface area contributed by atoms with E-state index in [1.807, 2.05) is 0 Å². The van der Waals surface area contributed by atoms with Gasteiger partial charge in [-0.15, -0.1) is 0 Å². The Balaban J connectivity index is 2.02. The monoisotopic (exact) mass is 367 g/mol. The summed E-state index contributed by atoms with van der Waals surface area (Å²) in [4.78, 5) is 23.3. The van der Waals surface area contributed by atoms with E-state index in [4.69, 9.17) is 28.3 Å². The van der Waals surface area contributed by atoms with Crippen LogP contribution >= 0.6 is 23.2 Å². The molecule has 2 aromatic rings. The molecule has 1 atom stereocenters. The quantitative estimate of drug-likeness (QED) is 0.869. The van der Waals surface area contributed by atoms with Gasteiger partial charge in [-0.05, 0) is 44.4 Å². The molecular formula is C16H15Cl2N3O3. The first-order chi connectivity index (χ1) is 11.4. The number of carboxylic acid groups (broad SMARTS) is 1. The molecule has 0 radical (unpaired) electrons. The van der Waals surface area contributed by atoms with Gasteiger partial charge in [0.2, 0.25) is 0 Å². The maximum absolute atomic E-state index is 12.4. The van der Waals surface area contributed by atoms with Crippen LogP contribution in [0, 0.1) is 0 Å². The lowest BCUT2D eigenvalue weighted by molar-refractivity contribution is -0.138. The summed E-state index contributed by atoms with van der Waals surface area (Å²) in [6.45, 7) is 1.41. The van der Waals surface area contributed by atoms with Gasteiger partial charge in [-0.2, -0.15) is 5.10 Å². The fraction of sp³-hybridized carbons (Fsp3) is 0.312. The highest BCUT2D eigenvalue weighted by atomic mass is 35.5. The lowest BCUT2D eigenvalue weighted by Crippen LogP contribution is -2.38. The van der Waals surface area contributed by atoms with Gasteiger partial charge in [-0.1, -0.05) is 23.2 Å². The number of nitrogens with zero attached hydrogens (tertiary/aromatic N) is 2. The summed E-state index contributed by atoms with van der Waals surface area (Å²) >= 11 is 12.2. The summed E-state index contributed by atoms with van der Waals surface area (Å²) in [6.07, 6.45) is 2.42. The average Bonchev–Trinajstić information content (AvgIpc) is 3.09. The number of amides is 1. The third-order valence-electron chi connectivity index (χ3n) is 4.00. The Labute approximate surface area is 148 Å². The van der Waals surface area contributed by atoms with Crippen molar-refractivity contribution in [2.24, 2.45) is 0 Å². The summed E-state index contributed by atoms with van der Waals surface area (Å²) in [5.74, 6) is -1.59. The zero-order chi connectivity index (χ0) is 17.4. The fourth-order valence-corrected chi connectivity index (χ4v) is 3.29. The van der Waals surface area contributed by atoms with Crippen molar-refractivity contribution in [3.8, 4) is 5.69 Å². The molecule has 0 fully saturated rings. The summed E-state index contributed by atoms with van der Waals surface area (Å²) < 4.78 is 1.65. The number of carboxylic acids is 1. The van der Waals surface area contributed by atoms with E-state index >= 15 is 0 Å². The summed E-state index contributed by atoms with van der Waals surface area (Å²) in [6, 6.07) is 4.09. The van der Waals surface area contributed by atoms with E-state index in [0.717, 1.165) is 30.5 Å². The van der Waals surface area contributed by atoms with Crippen molar-refractivity contribution in [2.75, 3.05) is 0 Å². The SMILES string of the molecule is C[C@@H](NC(=O)c1nn(-c2ccc(Cl)cc2Cl)c2c1CCC2)C(=O)O. The topological polar surface area (TPSA) is 84.2 Å². The highest BCUT2D eigenvalue weighted by Gasteiger charge is 2.28. The molecule has 0 saturated heterocycles. The predicted octanol–water partition coefficient (Wildman–Crippen LogP) is 2.87. The van der Waals surface area contributed by atoms with Gasteiger partial charge < -0.3 is 10.4 Å². The molecule has 1 aromatic carbocycles. The van der Waals surface area contributed by atoms with E-state index in [9.17, 15) is 9.59 Å². The minimum absolute atomic E-state index is 0.251. The minimum Gasteiger partial charge on any atom is -0.480 e. The molecule has 126 valence electrons. The Morgan fingerprint density at radius 1 is 1.33 bits per heavy atom. The van der Waals surface area contributed by atoms with Crippen molar-refractivity contribution in [2.45, 2.75) is 32.2 Å². The third-order valence-corrected chi connectivity index (χ3v) is 4.54. The van der Waals surface area contributed by atoms with Gasteiger partial charge in [0.1, 0.15) is 6.04 Å². The second-order valence-electron chi connectivity index (χ2n) is 5.67. The second-order valence-corrected chi connectivity index (χ2v) is 6.51. The van der Waals surface area contributed by atoms with Crippen LogP contribution in [0.15, 0.2) is 18.2 Å². The number of aliphatic carboxylic acids is 1. The number of hydrogen-bond donors (Lipinski definition) is 2. The van der Waals surface area contributed by atoms with E-state index in [2.05, 4.69) is 10.4 Å². The molecule has 1 aliphatic carbocycles. The van der Waals surface area contributed by atoms with Crippen molar-refractivity contribution >= 4 is 35.1 Å². The standard InChI is InChI=1S/C16H15Cl2N3O3/c1-8(16(23)24)19-15(22)14-10-3-2-4-12(10)21(20-14)13-6-5-9(17)7-11(13)18/h5-8H,2-4H2,1H3,(H,19,22)(H,23,24)/t8-/m1/s1. The molecule has 1 aliphatic rings. The Bertz CT molecular complexity index is 832. The number of benzene rings is 1. The van der Waals surface area contributed by atoms with E-state index in [-0.39, 0.29) is 5.69 Å². The zero-order valence-electron chi connectivity index (χ0n) is 12.8. The Morgan fingerprint density at radius 3 is 2.75 bits per heavy atom. The van der Waals surface area contributed by atoms with Crippen LogP contribution in [-0.4, -0.2) is 32.8 Å². The average molecular weight is 368 g/mol. The molecule has 0 saturated carbocycles. The molecule has 1 aromatic heterocycles. The van der Waals surface area contributed by atoms with Gasteiger partial charge in [0.25, 0.3) is 5.91 Å². The maximum atomic E-state index is 12.4. The molecule has 1 amide bonds. The van der Waals surface area contributed by atoms with Crippen LogP contribution in [0.25, 0.3) is 5.69 Å². The fourth-order valence-electron chi connectivity index (χ4n) is 2.80. The van der Waals surface area contributed by atoms with Crippen molar-refractivity contribution < 1.29 is 14.7 Å². The smallest absolute Gasteiger partial charge is 0.325 e. The Hall–Kier alpha value is -2.05. The van der Waals surface area contributed by atoms with E-state index < -0.39 is 17.9 Å². The van der Waals surface area contributed by atoms with Gasteiger partial charge in [-0.3, -0.25) is 9.59 Å². The van der Waals surface area contributed by atoms with Gasteiger partial charge in [0.05, 0.1) is 10.7 Å². The number of carbonyl (C=O) groups excluding carboxylic acids is 1. The first-order valence-corrected chi connectivity index (χ1v) is 8.24. The number of rotatable bonds is 4. The first kappa shape index (κ1) is 16.8. The predicted molar refractivity (Wildman–Crippen MR) is 90.2 cm³/mol. The van der Waals surface area contributed by atoms with E-state index in [1.165, 1.54) is 6.92 Å². The molecule has 6 nitrogen and oxygen atoms in total. The van der Waals surface area contributed by atoms with Crippen LogP contribution in [0.4, 0.5) is 0 Å². The molecule has 24 heavy (non-hydrogen) atoms. The molecular weight excluding hydrogens is 353 g/mol. The second kappa shape index (κ2) is 6.45. The lowest BCUT2D eigenvalue weighted by atomic mass is 10.2. The maximum Gasteiger partial charge on any atom is 0.325 e. The molecule has 0 aliphatic heterocycles. The van der Waals surface area contributed by atoms with Gasteiger partial charge in [0.15, 0.2) is 5.69 Å². The Kier molecular flexibility index (Phi) is 4.51. The van der Waals surface area contributed by atoms with Gasteiger partial charge >= 0.3 is 5.97 Å². The van der Waals surface area contributed by atoms with Crippen molar-refractivity contribution in [1.29, 1.82) is 0 Å². The van der Waals surface area contributed by atoms with Crippen molar-refractivity contribution in [3.05, 3.63) is 45.2 Å². The van der Waals surface area contributed by atoms with Crippen LogP contribution in [-0.2, 0) is 17.6 Å². The van der Waals surface area contributed by atoms with Crippen LogP contribution in [0.2, 0.25) is 10.0 Å². The van der Waals surface area contributed by atoms with E-state index in [1.54, 1.807) is 22.9 Å². The largest absolute Gasteiger partial charge is 0.480 e. The minimum atomic E-state index is -1.10. The van der Waals surface area contributed by atoms with Crippen LogP contribution in [0.5, 0.6) is 0 Å². The van der Waals surface area contributed by atoms with Gasteiger partial charge in [-0.25, -0.2) is 4.68 Å². The van der Waals surface area contributed by atoms with Gasteiger partial charge in [0, 0.05) is 16.3 Å². The molecule has 8 heteroatoms. The number of hydrogen-bond acceptors (Lipinski definition) is 3. The number of fused-ring (bicyclic) bond motifs is 1. The van der Waals surface area contributed by atoms with Crippen LogP contribution < -0.4 is 5.32 Å². The number of halogens is 2. The normalized spacial score (nSPS) is 14.3. The van der Waals surface area contributed by atoms with E-state index in [0.29, 0.717) is 15.7 Å². The molecule has 2 N–H and O–H groups in total. The molecule has 0 bridgehead atoms. The molecule has 0 spiro atoms. The molecule has 3 rings (SSSR count). The van der Waals surface area contributed by atoms with Crippen molar-refractivity contribution in [1.82, 2.24) is 15.1 Å². The number of aromatic nitrogens is 2. The first-order valence-electron chi connectivity index (χ1n) is 7.48. The highest BCUT2D eigenvalue weighted by Crippen LogP contribution is 2.31. The summed E-state index contributed by atoms with van der Waals surface area (Å²) in [7, 11) is 0. The number of carbonyl (C=O) groups is 2. The molecule has 0 unspecified atom stereocenters. The summed E-state index contributed by atoms with van der Waals surface area (Å²) in [5.41, 5.74) is 2.66. The summed E-state index contributed by atoms with van der Waals surface area (Å²) in [5, 5.41) is 16.7. The van der Waals surface area contributed by atoms with Crippen LogP contribution in [0.1, 0.15) is 35.1 Å². The lowest BCUT2D eigenvalue weighted by Gasteiger charge is -2.09.